The van der Waals surface area contributed by atoms with Crippen LogP contribution in [-0.4, -0.2) is 9.55 Å². The molecule has 2 aromatic heterocycles. The molecule has 8 aromatic rings. The van der Waals surface area contributed by atoms with Gasteiger partial charge < -0.3 is 19.1 Å². The molecule has 9 rings (SSSR count). The molecule has 324 valence electrons. The summed E-state index contributed by atoms with van der Waals surface area (Å²) >= 11 is 0. The van der Waals surface area contributed by atoms with Crippen molar-refractivity contribution in [1.29, 1.82) is 0 Å². The maximum atomic E-state index is 6.69. The van der Waals surface area contributed by atoms with E-state index in [1.54, 1.807) is 0 Å². The molecule has 0 bridgehead atoms. The van der Waals surface area contributed by atoms with E-state index in [4.69, 9.17) is 9.72 Å². The topological polar surface area (TPSA) is 33.5 Å². The Bertz CT molecular complexity index is 2930. The summed E-state index contributed by atoms with van der Waals surface area (Å²) in [7, 11) is 0. The van der Waals surface area contributed by atoms with Crippen LogP contribution in [0.4, 0.5) is 22.7 Å². The second kappa shape index (κ2) is 16.2. The molecule has 3 heterocycles. The molecule has 0 saturated carbocycles. The van der Waals surface area contributed by atoms with Crippen LogP contribution in [0.1, 0.15) is 104 Å². The van der Waals surface area contributed by atoms with Gasteiger partial charge in [-0.25, -0.2) is 4.98 Å². The molecule has 0 saturated heterocycles. The molecule has 6 heteroatoms. The normalized spacial score (nSPS) is 13.4. The minimum Gasteiger partial charge on any atom is -0.509 e. The summed E-state index contributed by atoms with van der Waals surface area (Å²) < 4.78 is 8.89. The molecule has 0 aliphatic carbocycles. The molecule has 0 amide bonds. The number of fused-ring (bicyclic) bond motifs is 4. The standard InChI is InChI=1S/C57H57N4O.Pt/c1-54(2,3)39-29-30-58-52(34-39)61-49-25-16-15-23-46(49)47-28-27-45(36-51(47)61)62-44-22-17-21-42(35-44)59-37-60(43-32-40(55(4,5)6)31-41(33-43)56(7,8)9)53-48(24-18-26-50(53)59)57(10,11)38-19-13-12-14-20-38;/h12-34,37H,1-11H3;/q-3;. The third kappa shape index (κ3) is 8.22. The van der Waals surface area contributed by atoms with Crippen molar-refractivity contribution in [3.8, 4) is 17.3 Å². The fraction of sp³-hybridized carbons (Fsp3) is 0.263. The fourth-order valence-corrected chi connectivity index (χ4v) is 8.67. The van der Waals surface area contributed by atoms with Crippen LogP contribution >= 0.6 is 0 Å². The smallest absolute Gasteiger partial charge is 0.135 e. The predicted molar refractivity (Wildman–Crippen MR) is 259 cm³/mol. The van der Waals surface area contributed by atoms with Gasteiger partial charge in [-0.2, -0.15) is 12.1 Å². The zero-order valence-electron chi connectivity index (χ0n) is 38.4. The molecule has 0 fully saturated rings. The molecule has 0 N–H and O–H groups in total. The maximum Gasteiger partial charge on any atom is 0.135 e. The first-order chi connectivity index (χ1) is 29.4. The summed E-state index contributed by atoms with van der Waals surface area (Å²) in [5.74, 6) is 2.07. The minimum absolute atomic E-state index is 0. The van der Waals surface area contributed by atoms with Gasteiger partial charge in [0.05, 0.1) is 0 Å². The van der Waals surface area contributed by atoms with Crippen LogP contribution < -0.4 is 14.5 Å². The summed E-state index contributed by atoms with van der Waals surface area (Å²) in [6.07, 6.45) is 1.91. The monoisotopic (exact) mass is 1010 g/mol. The van der Waals surface area contributed by atoms with Gasteiger partial charge in [0, 0.05) is 66.8 Å². The van der Waals surface area contributed by atoms with E-state index in [2.05, 4.69) is 225 Å². The van der Waals surface area contributed by atoms with Gasteiger partial charge in [-0.3, -0.25) is 0 Å². The van der Waals surface area contributed by atoms with Crippen LogP contribution in [0.25, 0.3) is 27.6 Å². The first kappa shape index (κ1) is 44.0. The number of hydrogen-bond acceptors (Lipinski definition) is 4. The molecule has 0 spiro atoms. The summed E-state index contributed by atoms with van der Waals surface area (Å²) in [4.78, 5) is 9.52. The molecule has 5 nitrogen and oxygen atoms in total. The molecule has 1 aliphatic rings. The van der Waals surface area contributed by atoms with Gasteiger partial charge in [0.2, 0.25) is 0 Å². The summed E-state index contributed by atoms with van der Waals surface area (Å²) in [6, 6.07) is 55.0. The van der Waals surface area contributed by atoms with E-state index in [-0.39, 0.29) is 42.7 Å². The van der Waals surface area contributed by atoms with Crippen LogP contribution in [0.5, 0.6) is 11.5 Å². The Kier molecular flexibility index (Phi) is 11.3. The Morgan fingerprint density at radius 3 is 1.89 bits per heavy atom. The maximum absolute atomic E-state index is 6.69. The fourth-order valence-electron chi connectivity index (χ4n) is 8.67. The number of para-hydroxylation sites is 2. The van der Waals surface area contributed by atoms with E-state index < -0.39 is 0 Å². The number of anilines is 4. The third-order valence-electron chi connectivity index (χ3n) is 12.5. The number of aromatic nitrogens is 2. The Morgan fingerprint density at radius 1 is 0.540 bits per heavy atom. The van der Waals surface area contributed by atoms with Crippen molar-refractivity contribution >= 4 is 44.6 Å². The molecular formula is C57H57N4OPt-3. The van der Waals surface area contributed by atoms with Crippen molar-refractivity contribution in [2.75, 3.05) is 9.80 Å². The van der Waals surface area contributed by atoms with Gasteiger partial charge in [0.15, 0.2) is 0 Å². The summed E-state index contributed by atoms with van der Waals surface area (Å²) in [5, 5.41) is 2.24. The average Bonchev–Trinajstić information content (AvgIpc) is 3.79. The van der Waals surface area contributed by atoms with E-state index in [0.29, 0.717) is 11.5 Å². The van der Waals surface area contributed by atoms with Gasteiger partial charge in [-0.1, -0.05) is 148 Å². The summed E-state index contributed by atoms with van der Waals surface area (Å²) in [5.41, 5.74) is 12.2. The Morgan fingerprint density at radius 2 is 1.19 bits per heavy atom. The van der Waals surface area contributed by atoms with Gasteiger partial charge >= 0.3 is 0 Å². The molecule has 0 unspecified atom stereocenters. The van der Waals surface area contributed by atoms with Crippen molar-refractivity contribution in [3.05, 3.63) is 186 Å². The zero-order valence-corrected chi connectivity index (χ0v) is 40.6. The van der Waals surface area contributed by atoms with E-state index in [1.807, 2.05) is 24.4 Å². The number of pyridine rings is 1. The largest absolute Gasteiger partial charge is 0.509 e. The molecule has 6 aromatic carbocycles. The van der Waals surface area contributed by atoms with E-state index in [0.717, 1.165) is 50.4 Å². The minimum atomic E-state index is -0.293. The van der Waals surface area contributed by atoms with Crippen LogP contribution in [0.15, 0.2) is 140 Å². The Balaban J connectivity index is 0.00000544. The first-order valence-electron chi connectivity index (χ1n) is 21.8. The second-order valence-corrected chi connectivity index (χ2v) is 20.4. The van der Waals surface area contributed by atoms with Crippen LogP contribution in [-0.2, 0) is 42.7 Å². The number of hydrogen-bond donors (Lipinski definition) is 0. The average molecular weight is 1010 g/mol. The van der Waals surface area contributed by atoms with E-state index in [1.165, 1.54) is 27.8 Å². The van der Waals surface area contributed by atoms with Gasteiger partial charge in [0.25, 0.3) is 0 Å². The van der Waals surface area contributed by atoms with Gasteiger partial charge in [-0.15, -0.1) is 48.1 Å². The van der Waals surface area contributed by atoms with Crippen LogP contribution in [0.2, 0.25) is 0 Å². The Hall–Kier alpha value is -5.64. The van der Waals surface area contributed by atoms with Crippen molar-refractivity contribution in [2.24, 2.45) is 0 Å². The molecule has 0 radical (unpaired) electrons. The third-order valence-corrected chi connectivity index (χ3v) is 12.5. The van der Waals surface area contributed by atoms with Crippen molar-refractivity contribution in [1.82, 2.24) is 9.55 Å². The van der Waals surface area contributed by atoms with Crippen molar-refractivity contribution < 1.29 is 25.8 Å². The van der Waals surface area contributed by atoms with Crippen molar-refractivity contribution in [3.63, 3.8) is 0 Å². The number of benzene rings is 6. The molecule has 63 heavy (non-hydrogen) atoms. The number of ether oxygens (including phenoxy) is 1. The van der Waals surface area contributed by atoms with E-state index >= 15 is 0 Å². The van der Waals surface area contributed by atoms with Gasteiger partial charge in [0.1, 0.15) is 5.82 Å². The molecule has 1 aliphatic heterocycles. The zero-order chi connectivity index (χ0) is 43.8. The first-order valence-corrected chi connectivity index (χ1v) is 21.8. The summed E-state index contributed by atoms with van der Waals surface area (Å²) in [6.45, 7) is 27.4. The van der Waals surface area contributed by atoms with Crippen LogP contribution in [0.3, 0.4) is 0 Å². The molecular weight excluding hydrogens is 952 g/mol. The quantitative estimate of drug-likeness (QED) is 0.149. The van der Waals surface area contributed by atoms with Crippen molar-refractivity contribution in [2.45, 2.75) is 97.8 Å². The SMILES string of the molecule is CC(C)(C)c1cc(N2[CH-]N(c3[c-]c(Oc4[c-]c5c(cc4)c4ccccc4n5-c4cc(C(C)(C)C)ccn4)ccc3)c3cccc(C(C)(C)c4ccccc4)c32)cc(C(C)(C)C)c1.[Pt]. The molecule has 0 atom stereocenters. The van der Waals surface area contributed by atoms with Crippen LogP contribution in [0, 0.1) is 18.8 Å². The van der Waals surface area contributed by atoms with E-state index in [9.17, 15) is 0 Å². The number of rotatable bonds is 7. The van der Waals surface area contributed by atoms with Gasteiger partial charge in [-0.05, 0) is 85.8 Å². The predicted octanol–water partition coefficient (Wildman–Crippen LogP) is 15.2. The number of nitrogens with zero attached hydrogens (tertiary/aromatic N) is 4. The second-order valence-electron chi connectivity index (χ2n) is 20.4. The Labute approximate surface area is 389 Å².